The maximum absolute atomic E-state index is 5.20. The molecule has 0 amide bonds. The first kappa shape index (κ1) is 15.9. The van der Waals surface area contributed by atoms with Gasteiger partial charge >= 0.3 is 0 Å². The summed E-state index contributed by atoms with van der Waals surface area (Å²) in [4.78, 5) is 0. The predicted molar refractivity (Wildman–Crippen MR) is 76.7 cm³/mol. The first-order valence-electron chi connectivity index (χ1n) is 6.93. The fourth-order valence-electron chi connectivity index (χ4n) is 1.92. The molecule has 0 aromatic heterocycles. The largest absolute Gasteiger partial charge is 0.120 e. The van der Waals surface area contributed by atoms with Crippen LogP contribution in [0.1, 0.15) is 77.0 Å². The maximum Gasteiger partial charge on any atom is 0.00860 e. The summed E-state index contributed by atoms with van der Waals surface area (Å²) in [7, 11) is 0. The van der Waals surface area contributed by atoms with Crippen molar-refractivity contribution in [3.05, 3.63) is 0 Å². The summed E-state index contributed by atoms with van der Waals surface area (Å²) in [5, 5.41) is 0. The molecule has 0 aromatic rings. The topological polar surface area (TPSA) is 0 Å². The molecule has 0 saturated heterocycles. The van der Waals surface area contributed by atoms with Crippen LogP contribution in [0.4, 0.5) is 0 Å². The maximum atomic E-state index is 5.20. The lowest BCUT2D eigenvalue weighted by Crippen LogP contribution is -1.83. The van der Waals surface area contributed by atoms with Gasteiger partial charge in [0.15, 0.2) is 0 Å². The van der Waals surface area contributed by atoms with E-state index in [2.05, 4.69) is 5.92 Å². The zero-order chi connectivity index (χ0) is 11.9. The van der Waals surface area contributed by atoms with E-state index in [0.29, 0.717) is 0 Å². The van der Waals surface area contributed by atoms with Crippen LogP contribution in [0.2, 0.25) is 0 Å². The van der Waals surface area contributed by atoms with Gasteiger partial charge in [0.1, 0.15) is 0 Å². The Labute approximate surface area is 108 Å². The zero-order valence-electron chi connectivity index (χ0n) is 10.7. The molecule has 1 radical (unpaired) electrons. The van der Waals surface area contributed by atoms with Crippen LogP contribution < -0.4 is 0 Å². The molecule has 0 rings (SSSR count). The lowest BCUT2D eigenvalue weighted by atomic mass is 10.1. The third-order valence-electron chi connectivity index (χ3n) is 2.97. The van der Waals surface area contributed by atoms with Gasteiger partial charge in [0.2, 0.25) is 0 Å². The van der Waals surface area contributed by atoms with Crippen LogP contribution in [0.15, 0.2) is 0 Å². The Morgan fingerprint density at radius 3 is 1.38 bits per heavy atom. The third kappa shape index (κ3) is 13.9. The minimum atomic E-state index is 0.942. The monoisotopic (exact) mass is 239 g/mol. The molecule has 0 fully saturated rings. The quantitative estimate of drug-likeness (QED) is 0.312. The van der Waals surface area contributed by atoms with E-state index in [-0.39, 0.29) is 0 Å². The second-order valence-electron chi connectivity index (χ2n) is 4.55. The summed E-state index contributed by atoms with van der Waals surface area (Å²) in [6.45, 7) is 0. The normalized spacial score (nSPS) is 10.2. The highest BCUT2D eigenvalue weighted by molar-refractivity contribution is 7.80. The molecule has 0 spiro atoms. The van der Waals surface area contributed by atoms with E-state index in [1.165, 1.54) is 70.6 Å². The molecular weight excluding hydrogens is 212 g/mol. The Kier molecular flexibility index (Phi) is 14.8. The highest BCUT2D eigenvalue weighted by atomic mass is 32.1. The van der Waals surface area contributed by atoms with Crippen molar-refractivity contribution >= 4 is 12.6 Å². The van der Waals surface area contributed by atoms with Crippen molar-refractivity contribution in [2.24, 2.45) is 0 Å². The molecule has 0 bridgehead atoms. The van der Waals surface area contributed by atoms with E-state index in [4.69, 9.17) is 19.1 Å². The van der Waals surface area contributed by atoms with E-state index in [0.717, 1.165) is 12.2 Å². The summed E-state index contributed by atoms with van der Waals surface area (Å²) < 4.78 is 0. The van der Waals surface area contributed by atoms with E-state index in [1.54, 1.807) is 0 Å². The van der Waals surface area contributed by atoms with Crippen LogP contribution in [0.5, 0.6) is 0 Å². The second-order valence-corrected chi connectivity index (χ2v) is 4.96. The van der Waals surface area contributed by atoms with Crippen molar-refractivity contribution in [2.75, 3.05) is 5.75 Å². The minimum Gasteiger partial charge on any atom is -0.120 e. The van der Waals surface area contributed by atoms with Gasteiger partial charge < -0.3 is 0 Å². The highest BCUT2D eigenvalue weighted by Gasteiger charge is 1.92. The van der Waals surface area contributed by atoms with Crippen LogP contribution in [0.25, 0.3) is 0 Å². The smallest absolute Gasteiger partial charge is 0.00860 e. The van der Waals surface area contributed by atoms with Crippen LogP contribution in [0.3, 0.4) is 0 Å². The van der Waals surface area contributed by atoms with E-state index in [1.807, 2.05) is 0 Å². The van der Waals surface area contributed by atoms with Crippen LogP contribution >= 0.6 is 12.6 Å². The molecule has 0 aliphatic carbocycles. The summed E-state index contributed by atoms with van der Waals surface area (Å²) in [5.41, 5.74) is 0. The van der Waals surface area contributed by atoms with Gasteiger partial charge in [-0.05, 0) is 12.8 Å². The number of hydrogen-bond donors (Lipinski definition) is 0. The molecule has 0 unspecified atom stereocenters. The van der Waals surface area contributed by atoms with Crippen LogP contribution in [-0.2, 0) is 0 Å². The van der Waals surface area contributed by atoms with Crippen molar-refractivity contribution in [3.63, 3.8) is 0 Å². The van der Waals surface area contributed by atoms with E-state index >= 15 is 0 Å². The Morgan fingerprint density at radius 1 is 0.625 bits per heavy atom. The molecule has 0 heterocycles. The van der Waals surface area contributed by atoms with Gasteiger partial charge in [0.05, 0.1) is 0 Å². The average Bonchev–Trinajstić information content (AvgIpc) is 2.31. The van der Waals surface area contributed by atoms with Gasteiger partial charge in [-0.2, -0.15) is 0 Å². The SMILES string of the molecule is C#CCCCCCCCCCCCCC[S]. The van der Waals surface area contributed by atoms with Crippen molar-refractivity contribution in [1.29, 1.82) is 0 Å². The first-order chi connectivity index (χ1) is 7.91. The molecule has 93 valence electrons. The molecule has 0 aliphatic rings. The van der Waals surface area contributed by atoms with Gasteiger partial charge in [-0.25, -0.2) is 0 Å². The average molecular weight is 239 g/mol. The highest BCUT2D eigenvalue weighted by Crippen LogP contribution is 2.11. The molecule has 0 N–H and O–H groups in total. The molecule has 0 aliphatic heterocycles. The predicted octanol–water partition coefficient (Wildman–Crippen LogP) is 5.50. The van der Waals surface area contributed by atoms with E-state index < -0.39 is 0 Å². The molecule has 0 nitrogen and oxygen atoms in total. The summed E-state index contributed by atoms with van der Waals surface area (Å²) in [5.74, 6) is 3.64. The summed E-state index contributed by atoms with van der Waals surface area (Å²) >= 11 is 4.92. The van der Waals surface area contributed by atoms with Crippen molar-refractivity contribution in [2.45, 2.75) is 77.0 Å². The Balaban J connectivity index is 2.86. The molecular formula is C15H27S. The van der Waals surface area contributed by atoms with Crippen LogP contribution in [-0.4, -0.2) is 5.75 Å². The molecule has 0 saturated carbocycles. The zero-order valence-corrected chi connectivity index (χ0v) is 11.5. The second kappa shape index (κ2) is 14.9. The molecule has 1 heteroatoms. The minimum absolute atomic E-state index is 0.942. The number of terminal acetylenes is 1. The molecule has 0 atom stereocenters. The fourth-order valence-corrected chi connectivity index (χ4v) is 2.12. The molecule has 0 aromatic carbocycles. The standard InChI is InChI=1S/C15H27S/c1-2-3-4-5-6-7-8-9-10-11-12-13-14-15-16/h1H,3-15H2. The lowest BCUT2D eigenvalue weighted by Gasteiger charge is -2.01. The molecule has 16 heavy (non-hydrogen) atoms. The number of unbranched alkanes of at least 4 members (excludes halogenated alkanes) is 11. The summed E-state index contributed by atoms with van der Waals surface area (Å²) in [6, 6.07) is 0. The van der Waals surface area contributed by atoms with Gasteiger partial charge in [-0.3, -0.25) is 0 Å². The van der Waals surface area contributed by atoms with Gasteiger partial charge in [-0.15, -0.1) is 12.3 Å². The van der Waals surface area contributed by atoms with Crippen molar-refractivity contribution in [1.82, 2.24) is 0 Å². The van der Waals surface area contributed by atoms with Crippen molar-refractivity contribution in [3.8, 4) is 12.3 Å². The summed E-state index contributed by atoms with van der Waals surface area (Å²) in [6.07, 6.45) is 21.1. The Morgan fingerprint density at radius 2 is 1.00 bits per heavy atom. The van der Waals surface area contributed by atoms with Gasteiger partial charge in [0.25, 0.3) is 0 Å². The number of rotatable bonds is 12. The van der Waals surface area contributed by atoms with Gasteiger partial charge in [-0.1, -0.05) is 70.4 Å². The van der Waals surface area contributed by atoms with Gasteiger partial charge in [0, 0.05) is 12.2 Å². The van der Waals surface area contributed by atoms with Crippen LogP contribution in [0, 0.1) is 12.3 Å². The number of hydrogen-bond acceptors (Lipinski definition) is 0. The van der Waals surface area contributed by atoms with Crippen molar-refractivity contribution < 1.29 is 0 Å². The first-order valence-corrected chi connectivity index (χ1v) is 7.51. The Hall–Kier alpha value is -0.0900. The van der Waals surface area contributed by atoms with E-state index in [9.17, 15) is 0 Å². The Bertz CT molecular complexity index is 157. The third-order valence-corrected chi connectivity index (χ3v) is 3.25. The fraction of sp³-hybridized carbons (Fsp3) is 0.867. The lowest BCUT2D eigenvalue weighted by molar-refractivity contribution is 0.552.